The maximum atomic E-state index is 12.0. The van der Waals surface area contributed by atoms with Gasteiger partial charge in [0.1, 0.15) is 5.60 Å². The fourth-order valence-electron chi connectivity index (χ4n) is 1.87. The highest BCUT2D eigenvalue weighted by molar-refractivity contribution is 5.70. The largest absolute Gasteiger partial charge is 0.444 e. The average molecular weight is 228 g/mol. The van der Waals surface area contributed by atoms with E-state index in [1.807, 2.05) is 41.5 Å². The second-order valence-electron chi connectivity index (χ2n) is 6.36. The summed E-state index contributed by atoms with van der Waals surface area (Å²) in [7, 11) is 0. The Bertz CT molecular complexity index is 290. The number of hydrogen-bond acceptors (Lipinski definition) is 3. The van der Waals surface area contributed by atoms with Gasteiger partial charge in [0.15, 0.2) is 0 Å². The molecule has 1 heterocycles. The van der Waals surface area contributed by atoms with Crippen LogP contribution in [0.25, 0.3) is 0 Å². The van der Waals surface area contributed by atoms with Crippen molar-refractivity contribution in [2.45, 2.75) is 64.6 Å². The van der Waals surface area contributed by atoms with Crippen LogP contribution in [0.15, 0.2) is 0 Å². The molecule has 0 aromatic heterocycles. The normalized spacial score (nSPS) is 29.3. The fourth-order valence-corrected chi connectivity index (χ4v) is 1.87. The Morgan fingerprint density at radius 2 is 1.81 bits per heavy atom. The maximum Gasteiger partial charge on any atom is 0.410 e. The van der Waals surface area contributed by atoms with Crippen LogP contribution >= 0.6 is 0 Å². The number of likely N-dealkylation sites (tertiary alicyclic amines) is 1. The van der Waals surface area contributed by atoms with Gasteiger partial charge >= 0.3 is 6.09 Å². The number of rotatable bonds is 0. The third-order valence-corrected chi connectivity index (χ3v) is 3.54. The molecule has 0 radical (unpaired) electrons. The summed E-state index contributed by atoms with van der Waals surface area (Å²) < 4.78 is 5.38. The maximum absolute atomic E-state index is 12.0. The smallest absolute Gasteiger partial charge is 0.410 e. The lowest BCUT2D eigenvalue weighted by atomic mass is 9.83. The molecule has 0 aliphatic carbocycles. The summed E-state index contributed by atoms with van der Waals surface area (Å²) in [6, 6.07) is 0. The van der Waals surface area contributed by atoms with E-state index in [0.29, 0.717) is 6.54 Å². The molecule has 16 heavy (non-hydrogen) atoms. The van der Waals surface area contributed by atoms with E-state index in [9.17, 15) is 4.79 Å². The van der Waals surface area contributed by atoms with E-state index >= 15 is 0 Å². The zero-order valence-corrected chi connectivity index (χ0v) is 11.3. The van der Waals surface area contributed by atoms with E-state index in [1.54, 1.807) is 4.90 Å². The molecule has 1 amide bonds. The van der Waals surface area contributed by atoms with Gasteiger partial charge in [0.25, 0.3) is 0 Å². The van der Waals surface area contributed by atoms with Crippen LogP contribution in [0.4, 0.5) is 4.79 Å². The Balaban J connectivity index is 2.81. The van der Waals surface area contributed by atoms with Crippen LogP contribution in [0, 0.1) is 0 Å². The number of nitrogens with zero attached hydrogens (tertiary/aromatic N) is 1. The van der Waals surface area contributed by atoms with E-state index in [0.717, 1.165) is 6.42 Å². The van der Waals surface area contributed by atoms with Gasteiger partial charge in [-0.15, -0.1) is 0 Å². The van der Waals surface area contributed by atoms with E-state index in [1.165, 1.54) is 0 Å². The molecule has 0 aromatic rings. The molecule has 1 saturated heterocycles. The van der Waals surface area contributed by atoms with Gasteiger partial charge in [-0.05, 0) is 48.0 Å². The SMILES string of the molecule is CC(C)(C)OC(=O)N1CCC(C)(N)C1(C)C. The lowest BCUT2D eigenvalue weighted by Crippen LogP contribution is -2.59. The first kappa shape index (κ1) is 13.3. The molecule has 4 heteroatoms. The number of nitrogens with two attached hydrogens (primary N) is 1. The quantitative estimate of drug-likeness (QED) is 0.691. The van der Waals surface area contributed by atoms with Crippen LogP contribution in [-0.4, -0.2) is 34.2 Å². The van der Waals surface area contributed by atoms with E-state index in [2.05, 4.69) is 0 Å². The molecule has 0 aromatic carbocycles. The molecule has 0 saturated carbocycles. The van der Waals surface area contributed by atoms with Gasteiger partial charge in [0.2, 0.25) is 0 Å². The van der Waals surface area contributed by atoms with Crippen LogP contribution < -0.4 is 5.73 Å². The summed E-state index contributed by atoms with van der Waals surface area (Å²) in [4.78, 5) is 13.7. The summed E-state index contributed by atoms with van der Waals surface area (Å²) in [6.07, 6.45) is 0.533. The Labute approximate surface area is 98.1 Å². The molecular weight excluding hydrogens is 204 g/mol. The van der Waals surface area contributed by atoms with Gasteiger partial charge in [-0.3, -0.25) is 0 Å². The first-order valence-corrected chi connectivity index (χ1v) is 5.77. The Morgan fingerprint density at radius 3 is 2.12 bits per heavy atom. The van der Waals surface area contributed by atoms with E-state index in [-0.39, 0.29) is 17.2 Å². The Morgan fingerprint density at radius 1 is 1.31 bits per heavy atom. The minimum atomic E-state index is -0.458. The van der Waals surface area contributed by atoms with Crippen LogP contribution in [-0.2, 0) is 4.74 Å². The summed E-state index contributed by atoms with van der Waals surface area (Å²) in [6.45, 7) is 12.2. The molecular formula is C12H24N2O2. The van der Waals surface area contributed by atoms with Crippen molar-refractivity contribution in [3.63, 3.8) is 0 Å². The predicted octanol–water partition coefficient (Wildman–Crippen LogP) is 2.12. The number of ether oxygens (including phenoxy) is 1. The summed E-state index contributed by atoms with van der Waals surface area (Å²) >= 11 is 0. The molecule has 0 spiro atoms. The number of amides is 1. The zero-order valence-electron chi connectivity index (χ0n) is 11.3. The van der Waals surface area contributed by atoms with Gasteiger partial charge in [0, 0.05) is 12.1 Å². The molecule has 1 aliphatic heterocycles. The van der Waals surface area contributed by atoms with Crippen molar-refractivity contribution in [3.8, 4) is 0 Å². The zero-order chi connectivity index (χ0) is 12.8. The highest BCUT2D eigenvalue weighted by Crippen LogP contribution is 2.36. The Hall–Kier alpha value is -0.770. The first-order chi connectivity index (χ1) is 6.97. The van der Waals surface area contributed by atoms with Gasteiger partial charge in [0.05, 0.1) is 5.54 Å². The molecule has 1 unspecified atom stereocenters. The first-order valence-electron chi connectivity index (χ1n) is 5.77. The van der Waals surface area contributed by atoms with Crippen molar-refractivity contribution in [1.82, 2.24) is 4.90 Å². The number of carbonyl (C=O) groups is 1. The van der Waals surface area contributed by atoms with Crippen molar-refractivity contribution in [1.29, 1.82) is 0 Å². The molecule has 4 nitrogen and oxygen atoms in total. The highest BCUT2D eigenvalue weighted by atomic mass is 16.6. The second-order valence-corrected chi connectivity index (χ2v) is 6.36. The van der Waals surface area contributed by atoms with Crippen LogP contribution in [0.5, 0.6) is 0 Å². The van der Waals surface area contributed by atoms with Crippen molar-refractivity contribution in [2.75, 3.05) is 6.54 Å². The van der Waals surface area contributed by atoms with Crippen molar-refractivity contribution in [3.05, 3.63) is 0 Å². The molecule has 1 rings (SSSR count). The van der Waals surface area contributed by atoms with Crippen molar-refractivity contribution < 1.29 is 9.53 Å². The van der Waals surface area contributed by atoms with E-state index in [4.69, 9.17) is 10.5 Å². The van der Waals surface area contributed by atoms with Gasteiger partial charge < -0.3 is 15.4 Å². The lowest BCUT2D eigenvalue weighted by molar-refractivity contribution is 0.00769. The Kier molecular flexibility index (Phi) is 3.01. The van der Waals surface area contributed by atoms with Crippen LogP contribution in [0.1, 0.15) is 48.0 Å². The summed E-state index contributed by atoms with van der Waals surface area (Å²) in [5, 5.41) is 0. The van der Waals surface area contributed by atoms with Crippen molar-refractivity contribution in [2.24, 2.45) is 5.73 Å². The molecule has 1 aliphatic rings. The van der Waals surface area contributed by atoms with Crippen LogP contribution in [0.2, 0.25) is 0 Å². The molecule has 1 atom stereocenters. The van der Waals surface area contributed by atoms with Crippen LogP contribution in [0.3, 0.4) is 0 Å². The molecule has 1 fully saturated rings. The predicted molar refractivity (Wildman–Crippen MR) is 64.2 cm³/mol. The molecule has 94 valence electrons. The number of carbonyl (C=O) groups excluding carboxylic acids is 1. The van der Waals surface area contributed by atoms with Gasteiger partial charge in [-0.25, -0.2) is 4.79 Å². The topological polar surface area (TPSA) is 55.6 Å². The molecule has 0 bridgehead atoms. The summed E-state index contributed by atoms with van der Waals surface area (Å²) in [5.41, 5.74) is 5.02. The standard InChI is InChI=1S/C12H24N2O2/c1-10(2,3)16-9(15)14-8-7-12(6,13)11(14,4)5/h7-8,13H2,1-6H3. The molecule has 2 N–H and O–H groups in total. The third kappa shape index (κ3) is 2.32. The summed E-state index contributed by atoms with van der Waals surface area (Å²) in [5.74, 6) is 0. The van der Waals surface area contributed by atoms with Crippen molar-refractivity contribution >= 4 is 6.09 Å². The third-order valence-electron chi connectivity index (χ3n) is 3.54. The number of hydrogen-bond donors (Lipinski definition) is 1. The second kappa shape index (κ2) is 3.62. The lowest BCUT2D eigenvalue weighted by Gasteiger charge is -2.40. The van der Waals surface area contributed by atoms with E-state index < -0.39 is 5.60 Å². The van der Waals surface area contributed by atoms with Gasteiger partial charge in [-0.1, -0.05) is 0 Å². The van der Waals surface area contributed by atoms with Gasteiger partial charge in [-0.2, -0.15) is 0 Å². The highest BCUT2D eigenvalue weighted by Gasteiger charge is 2.50. The average Bonchev–Trinajstić information content (AvgIpc) is 2.18. The minimum Gasteiger partial charge on any atom is -0.444 e. The monoisotopic (exact) mass is 228 g/mol. The minimum absolute atomic E-state index is 0.272. The fraction of sp³-hybridized carbons (Fsp3) is 0.917.